The summed E-state index contributed by atoms with van der Waals surface area (Å²) < 4.78 is 12.9. The zero-order chi connectivity index (χ0) is 14.5. The van der Waals surface area contributed by atoms with E-state index in [-0.39, 0.29) is 10.9 Å². The molecule has 0 atom stereocenters. The Labute approximate surface area is 121 Å². The van der Waals surface area contributed by atoms with E-state index >= 15 is 0 Å². The number of nitrogens with zero attached hydrogens (tertiary/aromatic N) is 1. The fraction of sp³-hybridized carbons (Fsp3) is 0.0667. The van der Waals surface area contributed by atoms with Gasteiger partial charge in [-0.15, -0.1) is 0 Å². The summed E-state index contributed by atoms with van der Waals surface area (Å²) in [5.74, 6) is -0.740. The predicted octanol–water partition coefficient (Wildman–Crippen LogP) is 3.55. The van der Waals surface area contributed by atoms with Crippen molar-refractivity contribution in [3.63, 3.8) is 0 Å². The lowest BCUT2D eigenvalue weighted by Crippen LogP contribution is -2.17. The van der Waals surface area contributed by atoms with Gasteiger partial charge in [-0.1, -0.05) is 29.3 Å². The number of benzene rings is 2. The number of carbonyl (C=O) groups is 1. The highest BCUT2D eigenvalue weighted by atomic mass is 35.5. The van der Waals surface area contributed by atoms with Gasteiger partial charge in [-0.05, 0) is 37.3 Å². The molecule has 0 unspecified atom stereocenters. The topological polar surface area (TPSA) is 41.5 Å². The number of carbonyl (C=O) groups excluding carboxylic acids is 1. The van der Waals surface area contributed by atoms with Crippen LogP contribution in [0.5, 0.6) is 0 Å². The van der Waals surface area contributed by atoms with Crippen LogP contribution in [0, 0.1) is 12.7 Å². The first-order chi connectivity index (χ1) is 9.56. The molecule has 102 valence electrons. The van der Waals surface area contributed by atoms with E-state index in [1.165, 1.54) is 24.4 Å². The lowest BCUT2D eigenvalue weighted by Gasteiger charge is -2.01. The lowest BCUT2D eigenvalue weighted by atomic mass is 10.1. The first kappa shape index (κ1) is 14.2. The fourth-order valence-corrected chi connectivity index (χ4v) is 1.75. The highest BCUT2D eigenvalue weighted by Gasteiger charge is 2.03. The molecule has 0 bridgehead atoms. The molecule has 0 aliphatic rings. The second kappa shape index (κ2) is 6.30. The van der Waals surface area contributed by atoms with Crippen molar-refractivity contribution in [3.8, 4) is 0 Å². The van der Waals surface area contributed by atoms with Crippen LogP contribution in [0.3, 0.4) is 0 Å². The van der Waals surface area contributed by atoms with Crippen LogP contribution in [0.15, 0.2) is 47.6 Å². The Morgan fingerprint density at radius 3 is 2.60 bits per heavy atom. The third-order valence-corrected chi connectivity index (χ3v) is 2.97. The van der Waals surface area contributed by atoms with Crippen LogP contribution >= 0.6 is 11.6 Å². The molecule has 2 rings (SSSR count). The lowest BCUT2D eigenvalue weighted by molar-refractivity contribution is 0.0955. The molecule has 0 aliphatic carbocycles. The van der Waals surface area contributed by atoms with Gasteiger partial charge in [0.2, 0.25) is 0 Å². The van der Waals surface area contributed by atoms with Gasteiger partial charge in [0.05, 0.1) is 11.2 Å². The molecule has 1 amide bonds. The Hall–Kier alpha value is -2.20. The number of rotatable bonds is 3. The largest absolute Gasteiger partial charge is 0.271 e. The van der Waals surface area contributed by atoms with Crippen LogP contribution in [-0.4, -0.2) is 12.1 Å². The standard InChI is InChI=1S/C15H12ClFN2O/c1-10-2-4-11(5-3-10)15(20)19-18-9-12-6-7-13(17)8-14(12)16/h2-9H,1H3,(H,19,20). The predicted molar refractivity (Wildman–Crippen MR) is 77.6 cm³/mol. The minimum Gasteiger partial charge on any atom is -0.267 e. The second-order valence-electron chi connectivity index (χ2n) is 4.23. The number of hydrogen-bond donors (Lipinski definition) is 1. The molecule has 0 aromatic heterocycles. The Balaban J connectivity index is 2.02. The smallest absolute Gasteiger partial charge is 0.267 e. The van der Waals surface area contributed by atoms with E-state index in [0.717, 1.165) is 5.56 Å². The van der Waals surface area contributed by atoms with E-state index in [2.05, 4.69) is 10.5 Å². The minimum absolute atomic E-state index is 0.235. The van der Waals surface area contributed by atoms with Gasteiger partial charge >= 0.3 is 0 Å². The number of nitrogens with one attached hydrogen (secondary N) is 1. The van der Waals surface area contributed by atoms with Gasteiger partial charge in [-0.25, -0.2) is 9.82 Å². The van der Waals surface area contributed by atoms with Crippen LogP contribution in [0.4, 0.5) is 4.39 Å². The molecule has 0 saturated carbocycles. The van der Waals surface area contributed by atoms with Gasteiger partial charge in [-0.2, -0.15) is 5.10 Å². The number of hydrogen-bond acceptors (Lipinski definition) is 2. The average molecular weight is 291 g/mol. The van der Waals surface area contributed by atoms with Crippen LogP contribution in [0.25, 0.3) is 0 Å². The van der Waals surface area contributed by atoms with Crippen molar-refractivity contribution >= 4 is 23.7 Å². The van der Waals surface area contributed by atoms with E-state index in [1.54, 1.807) is 12.1 Å². The molecule has 0 saturated heterocycles. The summed E-state index contributed by atoms with van der Waals surface area (Å²) in [5, 5.41) is 4.03. The number of hydrazone groups is 1. The molecule has 5 heteroatoms. The van der Waals surface area contributed by atoms with E-state index in [4.69, 9.17) is 11.6 Å². The molecule has 20 heavy (non-hydrogen) atoms. The van der Waals surface area contributed by atoms with Crippen LogP contribution < -0.4 is 5.43 Å². The molecular formula is C15H12ClFN2O. The molecule has 2 aromatic carbocycles. The van der Waals surface area contributed by atoms with Crippen molar-refractivity contribution in [2.45, 2.75) is 6.92 Å². The van der Waals surface area contributed by atoms with Crippen molar-refractivity contribution in [2.24, 2.45) is 5.10 Å². The van der Waals surface area contributed by atoms with Gasteiger partial charge in [0.1, 0.15) is 5.82 Å². The van der Waals surface area contributed by atoms with Crippen LogP contribution in [0.1, 0.15) is 21.5 Å². The normalized spacial score (nSPS) is 10.8. The van der Waals surface area contributed by atoms with Gasteiger partial charge < -0.3 is 0 Å². The maximum absolute atomic E-state index is 12.9. The molecule has 2 aromatic rings. The van der Waals surface area contributed by atoms with Crippen LogP contribution in [0.2, 0.25) is 5.02 Å². The van der Waals surface area contributed by atoms with E-state index < -0.39 is 5.82 Å². The highest BCUT2D eigenvalue weighted by molar-refractivity contribution is 6.33. The quantitative estimate of drug-likeness (QED) is 0.681. The van der Waals surface area contributed by atoms with E-state index in [9.17, 15) is 9.18 Å². The van der Waals surface area contributed by atoms with Gasteiger partial charge in [0, 0.05) is 11.1 Å². The van der Waals surface area contributed by atoms with Gasteiger partial charge in [0.25, 0.3) is 5.91 Å². The van der Waals surface area contributed by atoms with Crippen molar-refractivity contribution in [2.75, 3.05) is 0 Å². The third-order valence-electron chi connectivity index (χ3n) is 2.65. The molecular weight excluding hydrogens is 279 g/mol. The minimum atomic E-state index is -0.421. The molecule has 0 heterocycles. The summed E-state index contributed by atoms with van der Waals surface area (Å²) >= 11 is 5.84. The van der Waals surface area contributed by atoms with Crippen molar-refractivity contribution < 1.29 is 9.18 Å². The maximum Gasteiger partial charge on any atom is 0.271 e. The molecule has 3 nitrogen and oxygen atoms in total. The molecule has 0 fully saturated rings. The summed E-state index contributed by atoms with van der Waals surface area (Å²) in [6, 6.07) is 11.1. The summed E-state index contributed by atoms with van der Waals surface area (Å²) in [6.07, 6.45) is 1.37. The monoisotopic (exact) mass is 290 g/mol. The van der Waals surface area contributed by atoms with Crippen LogP contribution in [-0.2, 0) is 0 Å². The van der Waals surface area contributed by atoms with E-state index in [0.29, 0.717) is 11.1 Å². The molecule has 1 N–H and O–H groups in total. The SMILES string of the molecule is Cc1ccc(C(=O)NN=Cc2ccc(F)cc2Cl)cc1. The number of amides is 1. The van der Waals surface area contributed by atoms with E-state index in [1.807, 2.05) is 19.1 Å². The molecule has 0 aliphatic heterocycles. The highest BCUT2D eigenvalue weighted by Crippen LogP contribution is 2.15. The van der Waals surface area contributed by atoms with Crippen molar-refractivity contribution in [1.29, 1.82) is 0 Å². The summed E-state index contributed by atoms with van der Waals surface area (Å²) in [7, 11) is 0. The Morgan fingerprint density at radius 2 is 1.95 bits per heavy atom. The Morgan fingerprint density at radius 1 is 1.25 bits per heavy atom. The summed E-state index contributed by atoms with van der Waals surface area (Å²) in [6.45, 7) is 1.94. The third kappa shape index (κ3) is 3.65. The molecule has 0 spiro atoms. The average Bonchev–Trinajstić information content (AvgIpc) is 2.42. The summed E-state index contributed by atoms with van der Waals surface area (Å²) in [5.41, 5.74) is 4.50. The van der Waals surface area contributed by atoms with Gasteiger partial charge in [-0.3, -0.25) is 4.79 Å². The zero-order valence-electron chi connectivity index (χ0n) is 10.7. The second-order valence-corrected chi connectivity index (χ2v) is 4.64. The maximum atomic E-state index is 12.9. The number of halogens is 2. The zero-order valence-corrected chi connectivity index (χ0v) is 11.5. The Bertz CT molecular complexity index is 653. The van der Waals surface area contributed by atoms with Gasteiger partial charge in [0.15, 0.2) is 0 Å². The number of aryl methyl sites for hydroxylation is 1. The first-order valence-electron chi connectivity index (χ1n) is 5.91. The fourth-order valence-electron chi connectivity index (χ4n) is 1.54. The summed E-state index contributed by atoms with van der Waals surface area (Å²) in [4.78, 5) is 11.8. The molecule has 0 radical (unpaired) electrons. The first-order valence-corrected chi connectivity index (χ1v) is 6.29. The van der Waals surface area contributed by atoms with Crippen molar-refractivity contribution in [1.82, 2.24) is 5.43 Å². The van der Waals surface area contributed by atoms with Crippen molar-refractivity contribution in [3.05, 3.63) is 70.0 Å². The Kier molecular flexibility index (Phi) is 4.48.